The Morgan fingerprint density at radius 2 is 2.35 bits per heavy atom. The van der Waals surface area contributed by atoms with Crippen LogP contribution in [0.3, 0.4) is 0 Å². The first-order chi connectivity index (χ1) is 8.31. The van der Waals surface area contributed by atoms with E-state index >= 15 is 0 Å². The molecular formula is C12H13ClN2OS. The van der Waals surface area contributed by atoms with Gasteiger partial charge in [-0.25, -0.2) is 0 Å². The predicted octanol–water partition coefficient (Wildman–Crippen LogP) is 3.09. The van der Waals surface area contributed by atoms with Gasteiger partial charge in [0.15, 0.2) is 0 Å². The lowest BCUT2D eigenvalue weighted by Gasteiger charge is -2.12. The Balaban J connectivity index is 2.13. The van der Waals surface area contributed by atoms with Crippen molar-refractivity contribution in [1.82, 2.24) is 10.3 Å². The standard InChI is InChI=1S/C12H13ClN2OS/c1-14-5-9-3-2-4-11(13)12(9)16-7-10-6-15-8-17-10/h2-4,6,8,14H,5,7H2,1H3. The van der Waals surface area contributed by atoms with E-state index in [1.165, 1.54) is 0 Å². The van der Waals surface area contributed by atoms with Gasteiger partial charge in [0.2, 0.25) is 0 Å². The largest absolute Gasteiger partial charge is 0.486 e. The van der Waals surface area contributed by atoms with Crippen molar-refractivity contribution in [2.45, 2.75) is 13.2 Å². The van der Waals surface area contributed by atoms with Gasteiger partial charge < -0.3 is 10.1 Å². The average molecular weight is 269 g/mol. The summed E-state index contributed by atoms with van der Waals surface area (Å²) in [5.41, 5.74) is 2.85. The Bertz CT molecular complexity index is 473. The van der Waals surface area contributed by atoms with E-state index in [0.29, 0.717) is 11.6 Å². The molecule has 3 nitrogen and oxygen atoms in total. The highest BCUT2D eigenvalue weighted by molar-refractivity contribution is 7.09. The molecule has 0 aliphatic carbocycles. The first kappa shape index (κ1) is 12.4. The van der Waals surface area contributed by atoms with Crippen LogP contribution in [0.4, 0.5) is 0 Å². The van der Waals surface area contributed by atoms with E-state index < -0.39 is 0 Å². The second kappa shape index (κ2) is 6.00. The number of aromatic nitrogens is 1. The highest BCUT2D eigenvalue weighted by Crippen LogP contribution is 2.29. The highest BCUT2D eigenvalue weighted by atomic mass is 35.5. The minimum absolute atomic E-state index is 0.505. The fourth-order valence-corrected chi connectivity index (χ4v) is 2.26. The number of thiazole rings is 1. The Hall–Kier alpha value is -1.10. The van der Waals surface area contributed by atoms with E-state index in [-0.39, 0.29) is 0 Å². The van der Waals surface area contributed by atoms with Crippen LogP contribution in [-0.2, 0) is 13.2 Å². The zero-order valence-electron chi connectivity index (χ0n) is 9.44. The maximum absolute atomic E-state index is 6.14. The maximum atomic E-state index is 6.14. The molecule has 0 radical (unpaired) electrons. The van der Waals surface area contributed by atoms with Crippen LogP contribution in [0.25, 0.3) is 0 Å². The third-order valence-electron chi connectivity index (χ3n) is 2.26. The number of nitrogens with zero attached hydrogens (tertiary/aromatic N) is 1. The molecular weight excluding hydrogens is 256 g/mol. The van der Waals surface area contributed by atoms with Crippen molar-refractivity contribution in [3.63, 3.8) is 0 Å². The molecule has 1 aromatic carbocycles. The Labute approximate surface area is 109 Å². The smallest absolute Gasteiger partial charge is 0.142 e. The molecule has 2 aromatic rings. The van der Waals surface area contributed by atoms with Crippen LogP contribution < -0.4 is 10.1 Å². The normalized spacial score (nSPS) is 10.5. The topological polar surface area (TPSA) is 34.1 Å². The summed E-state index contributed by atoms with van der Waals surface area (Å²) in [4.78, 5) is 5.09. The van der Waals surface area contributed by atoms with Crippen LogP contribution >= 0.6 is 22.9 Å². The van der Waals surface area contributed by atoms with E-state index in [1.807, 2.05) is 25.2 Å². The number of ether oxygens (including phenoxy) is 1. The van der Waals surface area contributed by atoms with Crippen LogP contribution in [0.1, 0.15) is 10.4 Å². The van der Waals surface area contributed by atoms with Gasteiger partial charge in [-0.05, 0) is 13.1 Å². The maximum Gasteiger partial charge on any atom is 0.142 e. The van der Waals surface area contributed by atoms with Gasteiger partial charge in [-0.15, -0.1) is 11.3 Å². The van der Waals surface area contributed by atoms with E-state index in [0.717, 1.165) is 22.7 Å². The van der Waals surface area contributed by atoms with Gasteiger partial charge in [0, 0.05) is 18.3 Å². The monoisotopic (exact) mass is 268 g/mol. The van der Waals surface area contributed by atoms with Gasteiger partial charge in [0.25, 0.3) is 0 Å². The summed E-state index contributed by atoms with van der Waals surface area (Å²) >= 11 is 7.71. The van der Waals surface area contributed by atoms with Crippen LogP contribution in [0.15, 0.2) is 29.9 Å². The predicted molar refractivity (Wildman–Crippen MR) is 70.7 cm³/mol. The molecule has 90 valence electrons. The quantitative estimate of drug-likeness (QED) is 0.905. The van der Waals surface area contributed by atoms with Gasteiger partial charge in [0.1, 0.15) is 12.4 Å². The summed E-state index contributed by atoms with van der Waals surface area (Å²) in [7, 11) is 1.90. The van der Waals surface area contributed by atoms with Gasteiger partial charge in [-0.2, -0.15) is 0 Å². The van der Waals surface area contributed by atoms with E-state index in [2.05, 4.69) is 10.3 Å². The third kappa shape index (κ3) is 3.19. The lowest BCUT2D eigenvalue weighted by Crippen LogP contribution is -2.07. The number of halogens is 1. The first-order valence-corrected chi connectivity index (χ1v) is 6.49. The fraction of sp³-hybridized carbons (Fsp3) is 0.250. The summed E-state index contributed by atoms with van der Waals surface area (Å²) in [6.45, 7) is 1.24. The summed E-state index contributed by atoms with van der Waals surface area (Å²) in [6, 6.07) is 5.77. The van der Waals surface area contributed by atoms with Crippen molar-refractivity contribution in [3.8, 4) is 5.75 Å². The van der Waals surface area contributed by atoms with Crippen molar-refractivity contribution < 1.29 is 4.74 Å². The number of para-hydroxylation sites is 1. The molecule has 17 heavy (non-hydrogen) atoms. The van der Waals surface area contributed by atoms with E-state index in [1.54, 1.807) is 23.0 Å². The molecule has 0 aliphatic heterocycles. The van der Waals surface area contributed by atoms with Gasteiger partial charge in [-0.3, -0.25) is 4.98 Å². The fourth-order valence-electron chi connectivity index (χ4n) is 1.50. The Kier molecular flexibility index (Phi) is 4.36. The molecule has 1 heterocycles. The number of hydrogen-bond acceptors (Lipinski definition) is 4. The molecule has 0 fully saturated rings. The lowest BCUT2D eigenvalue weighted by molar-refractivity contribution is 0.306. The number of nitrogens with one attached hydrogen (secondary N) is 1. The summed E-state index contributed by atoms with van der Waals surface area (Å²) in [5, 5.41) is 3.74. The molecule has 1 N–H and O–H groups in total. The van der Waals surface area contributed by atoms with Gasteiger partial charge in [-0.1, -0.05) is 23.7 Å². The molecule has 0 bridgehead atoms. The molecule has 2 rings (SSSR count). The first-order valence-electron chi connectivity index (χ1n) is 5.23. The van der Waals surface area contributed by atoms with E-state index in [4.69, 9.17) is 16.3 Å². The minimum atomic E-state index is 0.505. The Morgan fingerprint density at radius 1 is 1.47 bits per heavy atom. The second-order valence-electron chi connectivity index (χ2n) is 3.51. The molecule has 1 aromatic heterocycles. The number of benzene rings is 1. The van der Waals surface area contributed by atoms with E-state index in [9.17, 15) is 0 Å². The lowest BCUT2D eigenvalue weighted by atomic mass is 10.2. The molecule has 0 amide bonds. The van der Waals surface area contributed by atoms with Crippen molar-refractivity contribution >= 4 is 22.9 Å². The zero-order chi connectivity index (χ0) is 12.1. The summed E-state index contributed by atoms with van der Waals surface area (Å²) in [6.07, 6.45) is 1.80. The molecule has 0 spiro atoms. The van der Waals surface area contributed by atoms with Gasteiger partial charge in [0.05, 0.1) is 15.4 Å². The van der Waals surface area contributed by atoms with Gasteiger partial charge >= 0.3 is 0 Å². The third-order valence-corrected chi connectivity index (χ3v) is 3.31. The second-order valence-corrected chi connectivity index (χ2v) is 4.89. The highest BCUT2D eigenvalue weighted by Gasteiger charge is 2.08. The van der Waals surface area contributed by atoms with Crippen LogP contribution in [0.2, 0.25) is 5.02 Å². The zero-order valence-corrected chi connectivity index (χ0v) is 11.0. The molecule has 0 unspecified atom stereocenters. The SMILES string of the molecule is CNCc1cccc(Cl)c1OCc1cncs1. The summed E-state index contributed by atoms with van der Waals surface area (Å²) in [5.74, 6) is 0.747. The van der Waals surface area contributed by atoms with Crippen LogP contribution in [0.5, 0.6) is 5.75 Å². The van der Waals surface area contributed by atoms with Crippen LogP contribution in [0, 0.1) is 0 Å². The molecule has 0 aliphatic rings. The number of hydrogen-bond donors (Lipinski definition) is 1. The van der Waals surface area contributed by atoms with Crippen molar-refractivity contribution in [3.05, 3.63) is 45.4 Å². The minimum Gasteiger partial charge on any atom is -0.486 e. The average Bonchev–Trinajstić information content (AvgIpc) is 2.82. The molecule has 0 atom stereocenters. The van der Waals surface area contributed by atoms with Crippen molar-refractivity contribution in [1.29, 1.82) is 0 Å². The summed E-state index contributed by atoms with van der Waals surface area (Å²) < 4.78 is 5.76. The molecule has 5 heteroatoms. The molecule has 0 saturated heterocycles. The van der Waals surface area contributed by atoms with Crippen molar-refractivity contribution in [2.24, 2.45) is 0 Å². The Morgan fingerprint density at radius 3 is 3.06 bits per heavy atom. The van der Waals surface area contributed by atoms with Crippen molar-refractivity contribution in [2.75, 3.05) is 7.05 Å². The number of rotatable bonds is 5. The molecule has 0 saturated carbocycles. The van der Waals surface area contributed by atoms with Crippen LogP contribution in [-0.4, -0.2) is 12.0 Å².